The van der Waals surface area contributed by atoms with Gasteiger partial charge in [-0.15, -0.1) is 0 Å². The molecule has 5 rings (SSSR count). The smallest absolute Gasteiger partial charge is 0.339 e. The quantitative estimate of drug-likeness (QED) is 0.0733. The van der Waals surface area contributed by atoms with Crippen LogP contribution < -0.4 is 10.4 Å². The molecule has 42 heavy (non-hydrogen) atoms. The Morgan fingerprint density at radius 3 is 2.21 bits per heavy atom. The lowest BCUT2D eigenvalue weighted by molar-refractivity contribution is -0.0781. The number of ether oxygens (including phenoxy) is 4. The van der Waals surface area contributed by atoms with Gasteiger partial charge in [-0.2, -0.15) is 0 Å². The van der Waals surface area contributed by atoms with Gasteiger partial charge < -0.3 is 27.8 Å². The molecule has 0 bridgehead atoms. The molecule has 3 aromatic rings. The van der Waals surface area contributed by atoms with Crippen molar-refractivity contribution in [2.75, 3.05) is 27.6 Å². The Hall–Kier alpha value is -2.65. The summed E-state index contributed by atoms with van der Waals surface area (Å²) in [5, 5.41) is 2.72. The van der Waals surface area contributed by atoms with Crippen molar-refractivity contribution >= 4 is 30.1 Å². The molecular weight excluding hydrogens is 548 g/mol. The Balaban J connectivity index is 1.69. The van der Waals surface area contributed by atoms with Crippen LogP contribution in [0.1, 0.15) is 77.2 Å². The molecule has 2 aromatic carbocycles. The molecule has 2 heterocycles. The van der Waals surface area contributed by atoms with Crippen molar-refractivity contribution in [3.63, 3.8) is 0 Å². The molecule has 0 saturated carbocycles. The van der Waals surface area contributed by atoms with Crippen LogP contribution in [0.25, 0.3) is 21.7 Å². The van der Waals surface area contributed by atoms with Crippen LogP contribution >= 0.6 is 0 Å². The first-order chi connectivity index (χ1) is 20.1. The summed E-state index contributed by atoms with van der Waals surface area (Å²) in [5.74, 6) is 1.54. The fourth-order valence-electron chi connectivity index (χ4n) is 7.47. The molecule has 0 spiro atoms. The standard InChI is InChI=1S/C34H46O7Si/c1-20(2)42(21(3)4,22(5)6)41-30-17-29(39-31(30)18-38-19-36-7)27-15-16-28(37-8)26-14-13-24-23-11-9-10-12-25(23)34(35)40-33(24)32(26)27/h13-17,20-22,29,31H,9-12,18-19H2,1-8H3/t29-,31-/m1/s1. The molecule has 8 heteroatoms. The Labute approximate surface area is 250 Å². The van der Waals surface area contributed by atoms with Gasteiger partial charge in [0, 0.05) is 28.8 Å². The zero-order chi connectivity index (χ0) is 30.2. The summed E-state index contributed by atoms with van der Waals surface area (Å²) in [6, 6.07) is 8.14. The lowest BCUT2D eigenvalue weighted by atomic mass is 9.88. The minimum atomic E-state index is -2.26. The molecular formula is C34H46O7Si. The molecule has 7 nitrogen and oxygen atoms in total. The average molecular weight is 595 g/mol. The van der Waals surface area contributed by atoms with Gasteiger partial charge in [0.25, 0.3) is 8.32 Å². The van der Waals surface area contributed by atoms with Crippen molar-refractivity contribution in [2.45, 2.75) is 96.1 Å². The Morgan fingerprint density at radius 2 is 1.57 bits per heavy atom. The van der Waals surface area contributed by atoms with E-state index < -0.39 is 14.4 Å². The van der Waals surface area contributed by atoms with Gasteiger partial charge >= 0.3 is 5.63 Å². The molecule has 1 aliphatic carbocycles. The lowest BCUT2D eigenvalue weighted by Crippen LogP contribution is -2.48. The summed E-state index contributed by atoms with van der Waals surface area (Å²) in [4.78, 5) is 13.2. The summed E-state index contributed by atoms with van der Waals surface area (Å²) in [6.45, 7) is 14.2. The van der Waals surface area contributed by atoms with Crippen molar-refractivity contribution < 1.29 is 27.8 Å². The fourth-order valence-corrected chi connectivity index (χ4v) is 12.8. The molecule has 0 unspecified atom stereocenters. The van der Waals surface area contributed by atoms with E-state index in [4.69, 9.17) is 27.8 Å². The number of hydrogen-bond donors (Lipinski definition) is 0. The largest absolute Gasteiger partial charge is 0.544 e. The van der Waals surface area contributed by atoms with Crippen molar-refractivity contribution in [1.82, 2.24) is 0 Å². The Morgan fingerprint density at radius 1 is 0.905 bits per heavy atom. The van der Waals surface area contributed by atoms with Gasteiger partial charge in [0.15, 0.2) is 0 Å². The van der Waals surface area contributed by atoms with E-state index in [-0.39, 0.29) is 18.5 Å². The van der Waals surface area contributed by atoms with Gasteiger partial charge in [-0.25, -0.2) is 4.79 Å². The fraction of sp³-hybridized carbons (Fsp3) is 0.559. The van der Waals surface area contributed by atoms with Crippen LogP contribution in [-0.4, -0.2) is 42.0 Å². The van der Waals surface area contributed by atoms with Crippen molar-refractivity contribution in [3.05, 3.63) is 63.2 Å². The van der Waals surface area contributed by atoms with Crippen LogP contribution in [0.5, 0.6) is 5.75 Å². The van der Waals surface area contributed by atoms with E-state index in [1.54, 1.807) is 14.2 Å². The number of aryl methyl sites for hydroxylation is 1. The molecule has 0 N–H and O–H groups in total. The highest BCUT2D eigenvalue weighted by atomic mass is 28.4. The van der Waals surface area contributed by atoms with Gasteiger partial charge in [0.05, 0.1) is 13.7 Å². The molecule has 0 saturated heterocycles. The predicted octanol–water partition coefficient (Wildman–Crippen LogP) is 7.97. The van der Waals surface area contributed by atoms with E-state index in [0.29, 0.717) is 28.8 Å². The summed E-state index contributed by atoms with van der Waals surface area (Å²) >= 11 is 0. The zero-order valence-corrected chi connectivity index (χ0v) is 27.4. The summed E-state index contributed by atoms with van der Waals surface area (Å²) in [7, 11) is 1.01. The highest BCUT2D eigenvalue weighted by molar-refractivity contribution is 6.77. The van der Waals surface area contributed by atoms with E-state index in [0.717, 1.165) is 70.0 Å². The topological polar surface area (TPSA) is 76.4 Å². The second kappa shape index (κ2) is 12.5. The van der Waals surface area contributed by atoms with Gasteiger partial charge in [0.1, 0.15) is 36.1 Å². The predicted molar refractivity (Wildman–Crippen MR) is 169 cm³/mol. The van der Waals surface area contributed by atoms with Crippen LogP contribution in [0, 0.1) is 0 Å². The molecule has 0 fully saturated rings. The van der Waals surface area contributed by atoms with E-state index in [1.165, 1.54) is 0 Å². The van der Waals surface area contributed by atoms with Gasteiger partial charge in [-0.1, -0.05) is 53.7 Å². The Kier molecular flexibility index (Phi) is 9.18. The van der Waals surface area contributed by atoms with Crippen LogP contribution in [-0.2, 0) is 31.5 Å². The zero-order valence-electron chi connectivity index (χ0n) is 26.4. The number of benzene rings is 2. The SMILES string of the molecule is COCOC[C@H]1O[C@@H](c2ccc(OC)c3ccc4c5c(c(=O)oc4c23)CCCC5)C=C1O[Si](C(C)C)(C(C)C)C(C)C. The highest BCUT2D eigenvalue weighted by Crippen LogP contribution is 2.47. The second-order valence-corrected chi connectivity index (χ2v) is 18.0. The first-order valence-corrected chi connectivity index (χ1v) is 17.5. The van der Waals surface area contributed by atoms with Crippen LogP contribution in [0.15, 0.2) is 45.3 Å². The minimum absolute atomic E-state index is 0.172. The van der Waals surface area contributed by atoms with Gasteiger partial charge in [-0.3, -0.25) is 0 Å². The minimum Gasteiger partial charge on any atom is -0.544 e. The number of rotatable bonds is 11. The first-order valence-electron chi connectivity index (χ1n) is 15.3. The lowest BCUT2D eigenvalue weighted by Gasteiger charge is -2.43. The van der Waals surface area contributed by atoms with Crippen molar-refractivity contribution in [1.29, 1.82) is 0 Å². The van der Waals surface area contributed by atoms with Crippen LogP contribution in [0.3, 0.4) is 0 Å². The van der Waals surface area contributed by atoms with Crippen LogP contribution in [0.2, 0.25) is 16.6 Å². The third-order valence-corrected chi connectivity index (χ3v) is 15.3. The third-order valence-electron chi connectivity index (χ3n) is 9.30. The average Bonchev–Trinajstić information content (AvgIpc) is 3.36. The summed E-state index contributed by atoms with van der Waals surface area (Å²) in [5.41, 5.74) is 4.42. The number of hydrogen-bond acceptors (Lipinski definition) is 7. The van der Waals surface area contributed by atoms with E-state index >= 15 is 0 Å². The van der Waals surface area contributed by atoms with Crippen molar-refractivity contribution in [2.24, 2.45) is 0 Å². The normalized spacial score (nSPS) is 19.3. The van der Waals surface area contributed by atoms with Crippen molar-refractivity contribution in [3.8, 4) is 5.75 Å². The van der Waals surface area contributed by atoms with E-state index in [9.17, 15) is 4.79 Å². The summed E-state index contributed by atoms with van der Waals surface area (Å²) in [6.07, 6.45) is 5.02. The second-order valence-electron chi connectivity index (χ2n) is 12.6. The molecule has 0 radical (unpaired) electrons. The maximum Gasteiger partial charge on any atom is 0.339 e. The molecule has 0 amide bonds. The van der Waals surface area contributed by atoms with Crippen LogP contribution in [0.4, 0.5) is 0 Å². The first kappa shape index (κ1) is 30.8. The summed E-state index contributed by atoms with van der Waals surface area (Å²) < 4.78 is 36.8. The maximum atomic E-state index is 13.2. The third kappa shape index (κ3) is 5.32. The Bertz CT molecular complexity index is 1500. The molecule has 1 aromatic heterocycles. The molecule has 2 atom stereocenters. The monoisotopic (exact) mass is 594 g/mol. The molecule has 2 aliphatic rings. The van der Waals surface area contributed by atoms with Gasteiger partial charge in [0.2, 0.25) is 0 Å². The molecule has 228 valence electrons. The highest BCUT2D eigenvalue weighted by Gasteiger charge is 2.49. The molecule has 1 aliphatic heterocycles. The van der Waals surface area contributed by atoms with E-state index in [1.807, 2.05) is 12.1 Å². The van der Waals surface area contributed by atoms with Gasteiger partial charge in [-0.05, 0) is 71.6 Å². The van der Waals surface area contributed by atoms with E-state index in [2.05, 4.69) is 59.8 Å². The number of methoxy groups -OCH3 is 2. The maximum absolute atomic E-state index is 13.2. The number of fused-ring (bicyclic) bond motifs is 5.